The molecule has 2 aromatic carbocycles. The second-order valence-corrected chi connectivity index (χ2v) is 5.94. The van der Waals surface area contributed by atoms with Crippen LogP contribution in [-0.4, -0.2) is 30.0 Å². The molecule has 0 saturated carbocycles. The number of aryl methyl sites for hydroxylation is 1. The minimum absolute atomic E-state index is 0.0408. The molecule has 0 aliphatic rings. The Morgan fingerprint density at radius 3 is 2.52 bits per heavy atom. The summed E-state index contributed by atoms with van der Waals surface area (Å²) in [5.41, 5.74) is 0.989. The number of esters is 1. The number of hydrogen-bond donors (Lipinski definition) is 0. The van der Waals surface area contributed by atoms with Crippen LogP contribution >= 0.6 is 0 Å². The second-order valence-electron chi connectivity index (χ2n) is 5.94. The Bertz CT molecular complexity index is 1040. The highest BCUT2D eigenvalue weighted by Gasteiger charge is 2.14. The van der Waals surface area contributed by atoms with Gasteiger partial charge in [0.1, 0.15) is 18.1 Å². The van der Waals surface area contributed by atoms with Crippen molar-refractivity contribution in [2.75, 3.05) is 14.2 Å². The summed E-state index contributed by atoms with van der Waals surface area (Å²) < 4.78 is 17.1. The van der Waals surface area contributed by atoms with E-state index in [2.05, 4.69) is 5.10 Å². The molecule has 7 nitrogen and oxygen atoms in total. The molecule has 1 heterocycles. The fraction of sp³-hybridized carbons (Fsp3) is 0.250. The number of carbonyl (C=O) groups excluding carboxylic acids is 1. The van der Waals surface area contributed by atoms with Crippen molar-refractivity contribution >= 4 is 16.7 Å². The minimum Gasteiger partial charge on any atom is -0.497 e. The molecule has 140 valence electrons. The first kappa shape index (κ1) is 18.4. The zero-order chi connectivity index (χ0) is 19.4. The third-order valence-electron chi connectivity index (χ3n) is 4.22. The number of ether oxygens (including phenoxy) is 3. The Morgan fingerprint density at radius 1 is 1.07 bits per heavy atom. The summed E-state index contributed by atoms with van der Waals surface area (Å²) in [6, 6.07) is 12.4. The van der Waals surface area contributed by atoms with Gasteiger partial charge in [0.2, 0.25) is 0 Å². The molecule has 3 rings (SSSR count). The molecule has 0 aliphatic carbocycles. The molecule has 0 saturated heterocycles. The van der Waals surface area contributed by atoms with Crippen molar-refractivity contribution in [1.29, 1.82) is 0 Å². The summed E-state index contributed by atoms with van der Waals surface area (Å²) in [6.07, 6.45) is -0.0408. The van der Waals surface area contributed by atoms with E-state index in [-0.39, 0.29) is 18.6 Å². The molecule has 3 aromatic rings. The lowest BCUT2D eigenvalue weighted by atomic mass is 10.1. The smallest absolute Gasteiger partial charge is 0.312 e. The zero-order valence-corrected chi connectivity index (χ0v) is 15.4. The number of aromatic nitrogens is 2. The van der Waals surface area contributed by atoms with Crippen LogP contribution in [0.15, 0.2) is 47.3 Å². The van der Waals surface area contributed by atoms with E-state index in [1.807, 2.05) is 0 Å². The van der Waals surface area contributed by atoms with Crippen LogP contribution in [0.1, 0.15) is 11.3 Å². The summed E-state index contributed by atoms with van der Waals surface area (Å²) in [6.45, 7) is 0.0445. The molecular formula is C20H20N2O5. The van der Waals surface area contributed by atoms with Crippen molar-refractivity contribution in [3.8, 4) is 11.5 Å². The maximum Gasteiger partial charge on any atom is 0.312 e. The third kappa shape index (κ3) is 3.92. The summed E-state index contributed by atoms with van der Waals surface area (Å²) in [5, 5.41) is 5.39. The van der Waals surface area contributed by atoms with Gasteiger partial charge in [-0.15, -0.1) is 0 Å². The number of rotatable bonds is 6. The van der Waals surface area contributed by atoms with Crippen LogP contribution in [0.4, 0.5) is 0 Å². The molecule has 0 spiro atoms. The first-order valence-corrected chi connectivity index (χ1v) is 8.35. The SMILES string of the molecule is COc1ccc(OC)c(COC(=O)Cc2nn(C)c(=O)c3ccccc23)c1. The van der Waals surface area contributed by atoms with Crippen molar-refractivity contribution < 1.29 is 19.0 Å². The summed E-state index contributed by atoms with van der Waals surface area (Å²) in [5.74, 6) is 0.804. The zero-order valence-electron chi connectivity index (χ0n) is 15.4. The minimum atomic E-state index is -0.448. The maximum atomic E-state index is 12.4. The van der Waals surface area contributed by atoms with Crippen molar-refractivity contribution in [2.24, 2.45) is 7.05 Å². The van der Waals surface area contributed by atoms with E-state index in [0.717, 1.165) is 0 Å². The van der Waals surface area contributed by atoms with Gasteiger partial charge >= 0.3 is 5.97 Å². The molecule has 0 fully saturated rings. The van der Waals surface area contributed by atoms with Crippen LogP contribution < -0.4 is 15.0 Å². The topological polar surface area (TPSA) is 79.7 Å². The lowest BCUT2D eigenvalue weighted by molar-refractivity contribution is -0.144. The van der Waals surface area contributed by atoms with Crippen molar-refractivity contribution in [1.82, 2.24) is 9.78 Å². The molecule has 1 aromatic heterocycles. The lowest BCUT2D eigenvalue weighted by Crippen LogP contribution is -2.22. The third-order valence-corrected chi connectivity index (χ3v) is 4.22. The summed E-state index contributed by atoms with van der Waals surface area (Å²) >= 11 is 0. The largest absolute Gasteiger partial charge is 0.497 e. The van der Waals surface area contributed by atoms with E-state index >= 15 is 0 Å². The summed E-state index contributed by atoms with van der Waals surface area (Å²) in [7, 11) is 4.67. The van der Waals surface area contributed by atoms with E-state index < -0.39 is 5.97 Å². The average Bonchev–Trinajstić information content (AvgIpc) is 2.70. The predicted octanol–water partition coefficient (Wildman–Crippen LogP) is 2.24. The lowest BCUT2D eigenvalue weighted by Gasteiger charge is -2.12. The molecule has 0 atom stereocenters. The van der Waals surface area contributed by atoms with Gasteiger partial charge in [-0.3, -0.25) is 9.59 Å². The molecular weight excluding hydrogens is 348 g/mol. The Balaban J connectivity index is 1.79. The first-order chi connectivity index (χ1) is 13.0. The summed E-state index contributed by atoms with van der Waals surface area (Å²) in [4.78, 5) is 24.5. The Kier molecular flexibility index (Phi) is 5.40. The molecule has 27 heavy (non-hydrogen) atoms. The molecule has 0 N–H and O–H groups in total. The van der Waals surface area contributed by atoms with Crippen LogP contribution in [0.3, 0.4) is 0 Å². The Hall–Kier alpha value is -3.35. The quantitative estimate of drug-likeness (QED) is 0.621. The van der Waals surface area contributed by atoms with Gasteiger partial charge in [-0.05, 0) is 24.3 Å². The van der Waals surface area contributed by atoms with Crippen molar-refractivity contribution in [2.45, 2.75) is 13.0 Å². The highest BCUT2D eigenvalue weighted by molar-refractivity contribution is 5.86. The number of fused-ring (bicyclic) bond motifs is 1. The highest BCUT2D eigenvalue weighted by atomic mass is 16.5. The molecule has 7 heteroatoms. The van der Waals surface area contributed by atoms with E-state index in [9.17, 15) is 9.59 Å². The average molecular weight is 368 g/mol. The van der Waals surface area contributed by atoms with Crippen LogP contribution in [-0.2, 0) is 29.6 Å². The monoisotopic (exact) mass is 368 g/mol. The normalized spacial score (nSPS) is 10.6. The fourth-order valence-electron chi connectivity index (χ4n) is 2.85. The number of nitrogens with zero attached hydrogens (tertiary/aromatic N) is 2. The Morgan fingerprint density at radius 2 is 1.81 bits per heavy atom. The van der Waals surface area contributed by atoms with E-state index in [1.165, 1.54) is 4.68 Å². The number of benzene rings is 2. The Labute approximate surface area is 156 Å². The van der Waals surface area contributed by atoms with Gasteiger partial charge in [0.15, 0.2) is 0 Å². The van der Waals surface area contributed by atoms with Crippen LogP contribution in [0.2, 0.25) is 0 Å². The molecule has 0 aliphatic heterocycles. The van der Waals surface area contributed by atoms with E-state index in [4.69, 9.17) is 14.2 Å². The van der Waals surface area contributed by atoms with Gasteiger partial charge in [0, 0.05) is 18.0 Å². The first-order valence-electron chi connectivity index (χ1n) is 8.35. The molecule has 0 bridgehead atoms. The standard InChI is InChI=1S/C20H20N2O5/c1-22-20(24)16-7-5-4-6-15(16)17(21-22)11-19(23)27-12-13-10-14(25-2)8-9-18(13)26-3/h4-10H,11-12H2,1-3H3. The van der Waals surface area contributed by atoms with Gasteiger partial charge in [0.25, 0.3) is 5.56 Å². The maximum absolute atomic E-state index is 12.4. The number of hydrogen-bond acceptors (Lipinski definition) is 6. The van der Waals surface area contributed by atoms with Crippen LogP contribution in [0, 0.1) is 0 Å². The predicted molar refractivity (Wildman–Crippen MR) is 100 cm³/mol. The molecule has 0 amide bonds. The van der Waals surface area contributed by atoms with E-state index in [0.29, 0.717) is 33.5 Å². The van der Waals surface area contributed by atoms with Gasteiger partial charge in [-0.25, -0.2) is 4.68 Å². The van der Waals surface area contributed by atoms with Crippen LogP contribution in [0.25, 0.3) is 10.8 Å². The highest BCUT2D eigenvalue weighted by Crippen LogP contribution is 2.24. The van der Waals surface area contributed by atoms with Crippen molar-refractivity contribution in [3.05, 3.63) is 64.1 Å². The number of methoxy groups -OCH3 is 2. The fourth-order valence-corrected chi connectivity index (χ4v) is 2.85. The number of carbonyl (C=O) groups is 1. The van der Waals surface area contributed by atoms with Crippen molar-refractivity contribution in [3.63, 3.8) is 0 Å². The van der Waals surface area contributed by atoms with Gasteiger partial charge in [-0.1, -0.05) is 18.2 Å². The van der Waals surface area contributed by atoms with E-state index in [1.54, 1.807) is 63.7 Å². The molecule has 0 radical (unpaired) electrons. The van der Waals surface area contributed by atoms with Gasteiger partial charge in [-0.2, -0.15) is 5.10 Å². The van der Waals surface area contributed by atoms with Crippen LogP contribution in [0.5, 0.6) is 11.5 Å². The molecule has 0 unspecified atom stereocenters. The van der Waals surface area contributed by atoms with Gasteiger partial charge < -0.3 is 14.2 Å². The van der Waals surface area contributed by atoms with Gasteiger partial charge in [0.05, 0.1) is 31.7 Å². The second kappa shape index (κ2) is 7.90.